The number of nitrogens with one attached hydrogen (secondary N) is 1. The number of hydrogen-bond acceptors (Lipinski definition) is 5. The number of carbonyl (C=O) groups is 1. The molecule has 0 radical (unpaired) electrons. The Morgan fingerprint density at radius 1 is 1.29 bits per heavy atom. The van der Waals surface area contributed by atoms with Crippen molar-refractivity contribution in [3.8, 4) is 0 Å². The number of thioether (sulfide) groups is 1. The number of para-hydroxylation sites is 1. The summed E-state index contributed by atoms with van der Waals surface area (Å²) in [5.41, 5.74) is 2.76. The summed E-state index contributed by atoms with van der Waals surface area (Å²) < 4.78 is 2.15. The van der Waals surface area contributed by atoms with Crippen LogP contribution in [0.1, 0.15) is 46.5 Å². The van der Waals surface area contributed by atoms with Gasteiger partial charge in [-0.2, -0.15) is 0 Å². The third kappa shape index (κ3) is 3.60. The second-order valence-corrected chi connectivity index (χ2v) is 8.97. The van der Waals surface area contributed by atoms with E-state index in [4.69, 9.17) is 4.98 Å². The van der Waals surface area contributed by atoms with Gasteiger partial charge in [0.05, 0.1) is 10.8 Å². The first-order valence-corrected chi connectivity index (χ1v) is 11.0. The van der Waals surface area contributed by atoms with E-state index < -0.39 is 0 Å². The molecule has 1 amide bonds. The van der Waals surface area contributed by atoms with Crippen molar-refractivity contribution in [3.05, 3.63) is 24.3 Å². The van der Waals surface area contributed by atoms with Crippen LogP contribution in [0, 0.1) is 5.92 Å². The molecule has 1 aromatic carbocycles. The van der Waals surface area contributed by atoms with Crippen LogP contribution < -0.4 is 5.32 Å². The third-order valence-electron chi connectivity index (χ3n) is 5.76. The Labute approximate surface area is 169 Å². The molecule has 1 aliphatic carbocycles. The van der Waals surface area contributed by atoms with Gasteiger partial charge < -0.3 is 9.88 Å². The lowest BCUT2D eigenvalue weighted by Gasteiger charge is -2.30. The molecule has 0 unspecified atom stereocenters. The summed E-state index contributed by atoms with van der Waals surface area (Å²) in [5, 5.41) is 13.3. The number of nitrogens with zero attached hydrogens (tertiary/aromatic N) is 4. The van der Waals surface area contributed by atoms with Gasteiger partial charge >= 0.3 is 0 Å². The number of carbonyl (C=O) groups excluding carboxylic acids is 1. The molecular weight excluding hydrogens is 370 g/mol. The van der Waals surface area contributed by atoms with Crippen molar-refractivity contribution in [1.82, 2.24) is 25.1 Å². The second kappa shape index (κ2) is 8.07. The van der Waals surface area contributed by atoms with Crippen LogP contribution in [0.4, 0.5) is 0 Å². The number of rotatable bonds is 5. The molecule has 6 nitrogen and oxygen atoms in total. The van der Waals surface area contributed by atoms with E-state index in [0.717, 1.165) is 35.0 Å². The zero-order valence-electron chi connectivity index (χ0n) is 16.7. The Morgan fingerprint density at radius 2 is 2.07 bits per heavy atom. The monoisotopic (exact) mass is 397 g/mol. The Kier molecular flexibility index (Phi) is 5.53. The summed E-state index contributed by atoms with van der Waals surface area (Å²) in [6.07, 6.45) is 4.73. The Balaban J connectivity index is 1.54. The minimum atomic E-state index is -0.257. The Hall–Kier alpha value is -2.15. The fourth-order valence-corrected chi connectivity index (χ4v) is 4.82. The molecule has 1 fully saturated rings. The predicted octanol–water partition coefficient (Wildman–Crippen LogP) is 4.17. The highest BCUT2D eigenvalue weighted by molar-refractivity contribution is 8.00. The molecule has 7 heteroatoms. The molecule has 0 aliphatic heterocycles. The van der Waals surface area contributed by atoms with E-state index in [2.05, 4.69) is 46.1 Å². The maximum Gasteiger partial charge on any atom is 0.233 e. The summed E-state index contributed by atoms with van der Waals surface area (Å²) >= 11 is 1.38. The van der Waals surface area contributed by atoms with Gasteiger partial charge in [-0.1, -0.05) is 49.7 Å². The molecule has 1 aliphatic rings. The molecule has 0 bridgehead atoms. The number of amides is 1. The number of aryl methyl sites for hydroxylation is 1. The van der Waals surface area contributed by atoms with Crippen molar-refractivity contribution < 1.29 is 4.79 Å². The van der Waals surface area contributed by atoms with Gasteiger partial charge in [0.2, 0.25) is 11.1 Å². The van der Waals surface area contributed by atoms with Gasteiger partial charge in [-0.15, -0.1) is 10.2 Å². The zero-order chi connectivity index (χ0) is 19.7. The molecule has 148 valence electrons. The third-order valence-corrected chi connectivity index (χ3v) is 6.71. The zero-order valence-corrected chi connectivity index (χ0v) is 17.5. The van der Waals surface area contributed by atoms with E-state index in [-0.39, 0.29) is 17.2 Å². The van der Waals surface area contributed by atoms with E-state index >= 15 is 0 Å². The first kappa shape index (κ1) is 19.2. The van der Waals surface area contributed by atoms with E-state index in [0.29, 0.717) is 11.1 Å². The Bertz CT molecular complexity index is 1000. The van der Waals surface area contributed by atoms with Crippen LogP contribution in [0.5, 0.6) is 0 Å². The van der Waals surface area contributed by atoms with Gasteiger partial charge in [-0.25, -0.2) is 4.98 Å². The van der Waals surface area contributed by atoms with Crippen molar-refractivity contribution in [2.75, 3.05) is 0 Å². The molecule has 4 rings (SSSR count). The molecule has 1 saturated carbocycles. The highest BCUT2D eigenvalue weighted by Gasteiger charge is 2.26. The van der Waals surface area contributed by atoms with Crippen LogP contribution in [-0.4, -0.2) is 36.9 Å². The largest absolute Gasteiger partial charge is 0.352 e. The lowest BCUT2D eigenvalue weighted by Crippen LogP contribution is -2.44. The van der Waals surface area contributed by atoms with Gasteiger partial charge in [0.25, 0.3) is 0 Å². The number of fused-ring (bicyclic) bond motifs is 3. The fraction of sp³-hybridized carbons (Fsp3) is 0.524. The quantitative estimate of drug-likeness (QED) is 0.654. The van der Waals surface area contributed by atoms with Gasteiger partial charge in [0.15, 0.2) is 5.65 Å². The molecular formula is C21H27N5OS. The predicted molar refractivity (Wildman–Crippen MR) is 113 cm³/mol. The first-order valence-electron chi connectivity index (χ1n) is 10.2. The molecule has 2 heterocycles. The lowest BCUT2D eigenvalue weighted by molar-refractivity contribution is -0.121. The SMILES string of the molecule is CCn1c2ccccc2c2nnc(S[C@H](C)C(=O)N[C@H]3CCCC[C@@H]3C)nc21. The van der Waals surface area contributed by atoms with Crippen molar-refractivity contribution in [1.29, 1.82) is 0 Å². The summed E-state index contributed by atoms with van der Waals surface area (Å²) in [4.78, 5) is 17.4. The van der Waals surface area contributed by atoms with Crippen LogP contribution >= 0.6 is 11.8 Å². The number of aromatic nitrogens is 4. The average molecular weight is 398 g/mol. The lowest BCUT2D eigenvalue weighted by atomic mass is 9.86. The van der Waals surface area contributed by atoms with Crippen molar-refractivity contribution in [2.24, 2.45) is 5.92 Å². The van der Waals surface area contributed by atoms with E-state index in [1.165, 1.54) is 31.0 Å². The van der Waals surface area contributed by atoms with Gasteiger partial charge in [-0.3, -0.25) is 4.79 Å². The topological polar surface area (TPSA) is 72.7 Å². The van der Waals surface area contributed by atoms with Crippen LogP contribution in [0.2, 0.25) is 0 Å². The Morgan fingerprint density at radius 3 is 2.86 bits per heavy atom. The molecule has 0 spiro atoms. The van der Waals surface area contributed by atoms with Crippen LogP contribution in [0.15, 0.2) is 29.4 Å². The average Bonchev–Trinajstić information content (AvgIpc) is 3.02. The molecule has 2 aromatic heterocycles. The van der Waals surface area contributed by atoms with Crippen LogP contribution in [-0.2, 0) is 11.3 Å². The molecule has 1 N–H and O–H groups in total. The van der Waals surface area contributed by atoms with E-state index in [1.54, 1.807) is 0 Å². The number of benzene rings is 1. The van der Waals surface area contributed by atoms with Gasteiger partial charge in [0, 0.05) is 18.0 Å². The van der Waals surface area contributed by atoms with Crippen LogP contribution in [0.25, 0.3) is 22.1 Å². The normalized spacial score (nSPS) is 21.1. The summed E-state index contributed by atoms with van der Waals surface area (Å²) in [6, 6.07) is 8.44. The summed E-state index contributed by atoms with van der Waals surface area (Å²) in [6.45, 7) is 7.05. The highest BCUT2D eigenvalue weighted by atomic mass is 32.2. The van der Waals surface area contributed by atoms with E-state index in [9.17, 15) is 4.79 Å². The maximum atomic E-state index is 12.7. The minimum Gasteiger partial charge on any atom is -0.352 e. The molecule has 0 saturated heterocycles. The minimum absolute atomic E-state index is 0.0588. The first-order chi connectivity index (χ1) is 13.6. The van der Waals surface area contributed by atoms with E-state index in [1.807, 2.05) is 19.1 Å². The maximum absolute atomic E-state index is 12.7. The van der Waals surface area contributed by atoms with Gasteiger partial charge in [0.1, 0.15) is 5.52 Å². The smallest absolute Gasteiger partial charge is 0.233 e. The van der Waals surface area contributed by atoms with Crippen molar-refractivity contribution in [3.63, 3.8) is 0 Å². The highest BCUT2D eigenvalue weighted by Crippen LogP contribution is 2.29. The van der Waals surface area contributed by atoms with Crippen molar-refractivity contribution in [2.45, 2.75) is 69.4 Å². The molecule has 28 heavy (non-hydrogen) atoms. The van der Waals surface area contributed by atoms with Crippen LogP contribution in [0.3, 0.4) is 0 Å². The molecule has 3 aromatic rings. The number of hydrogen-bond donors (Lipinski definition) is 1. The standard InChI is InChI=1S/C21H27N5OS/c1-4-26-17-12-8-6-10-15(17)18-19(26)23-21(25-24-18)28-14(3)20(27)22-16-11-7-5-9-13(16)2/h6,8,10,12-14,16H,4-5,7,9,11H2,1-3H3,(H,22,27)/t13-,14+,16-/m0/s1. The summed E-state index contributed by atoms with van der Waals surface area (Å²) in [5.74, 6) is 0.605. The summed E-state index contributed by atoms with van der Waals surface area (Å²) in [7, 11) is 0. The molecule has 3 atom stereocenters. The van der Waals surface area contributed by atoms with Crippen molar-refractivity contribution >= 4 is 39.7 Å². The second-order valence-electron chi connectivity index (χ2n) is 7.66. The van der Waals surface area contributed by atoms with Gasteiger partial charge in [-0.05, 0) is 38.7 Å². The fourth-order valence-electron chi connectivity index (χ4n) is 4.10.